The highest BCUT2D eigenvalue weighted by molar-refractivity contribution is 6.24. The molecule has 2 heterocycles. The highest BCUT2D eigenvalue weighted by atomic mass is 16.2. The van der Waals surface area contributed by atoms with Crippen LogP contribution in [-0.2, 0) is 25.6 Å². The lowest BCUT2D eigenvalue weighted by atomic mass is 9.55. The number of rotatable bonds is 4. The molecule has 14 rings (SSSR count). The number of carbonyl (C=O) groups is 4. The van der Waals surface area contributed by atoms with Crippen molar-refractivity contribution in [3.8, 4) is 0 Å². The van der Waals surface area contributed by atoms with E-state index in [2.05, 4.69) is 48.5 Å². The molecule has 0 N–H and O–H groups in total. The zero-order valence-corrected chi connectivity index (χ0v) is 29.7. The van der Waals surface area contributed by atoms with Gasteiger partial charge in [0.25, 0.3) is 0 Å². The van der Waals surface area contributed by atoms with E-state index in [0.29, 0.717) is 17.8 Å². The minimum atomic E-state index is -0.417. The Kier molecular flexibility index (Phi) is 6.24. The summed E-state index contributed by atoms with van der Waals surface area (Å²) in [6.07, 6.45) is 0.615. The second kappa shape index (κ2) is 11.1. The Bertz CT molecular complexity index is 2270. The minimum absolute atomic E-state index is 0.121. The Morgan fingerprint density at radius 2 is 0.527 bits per heavy atom. The number of hydrogen-bond acceptors (Lipinski definition) is 4. The van der Waals surface area contributed by atoms with Gasteiger partial charge in [0.2, 0.25) is 23.6 Å². The molecule has 4 bridgehead atoms. The number of imide groups is 2. The summed E-state index contributed by atoms with van der Waals surface area (Å²) in [5.41, 5.74) is 12.6. The zero-order chi connectivity index (χ0) is 36.7. The molecular weight excluding hydrogens is 681 g/mol. The normalized spacial score (nSPS) is 27.4. The molecule has 0 radical (unpaired) electrons. The van der Waals surface area contributed by atoms with E-state index in [-0.39, 0.29) is 47.3 Å². The molecule has 55 heavy (non-hydrogen) atoms. The van der Waals surface area contributed by atoms with Crippen molar-refractivity contribution in [1.29, 1.82) is 0 Å². The lowest BCUT2D eigenvalue weighted by molar-refractivity contribution is -0.124. The maximum absolute atomic E-state index is 14.2. The molecule has 2 fully saturated rings. The predicted octanol–water partition coefficient (Wildman–Crippen LogP) is 8.07. The molecule has 4 atom stereocenters. The third kappa shape index (κ3) is 3.98. The smallest absolute Gasteiger partial charge is 0.238 e. The average molecular weight is 715 g/mol. The van der Waals surface area contributed by atoms with Gasteiger partial charge < -0.3 is 0 Å². The Morgan fingerprint density at radius 3 is 0.745 bits per heavy atom. The van der Waals surface area contributed by atoms with Crippen LogP contribution in [0.1, 0.15) is 79.3 Å². The number of hydrogen-bond donors (Lipinski definition) is 0. The summed E-state index contributed by atoms with van der Waals surface area (Å²) < 4.78 is 0. The van der Waals surface area contributed by atoms with E-state index < -0.39 is 23.7 Å². The molecule has 6 aliphatic carbocycles. The van der Waals surface area contributed by atoms with Crippen LogP contribution in [0.3, 0.4) is 0 Å². The van der Waals surface area contributed by atoms with Crippen molar-refractivity contribution >= 4 is 35.0 Å². The fraction of sp³-hybridized carbons (Fsp3) is 0.184. The first kappa shape index (κ1) is 31.0. The summed E-state index contributed by atoms with van der Waals surface area (Å²) in [7, 11) is 0. The largest absolute Gasteiger partial charge is 0.274 e. The first-order valence-corrected chi connectivity index (χ1v) is 19.3. The van der Waals surface area contributed by atoms with Gasteiger partial charge in [0.05, 0.1) is 35.0 Å². The molecule has 2 saturated heterocycles. The van der Waals surface area contributed by atoms with Crippen molar-refractivity contribution in [2.75, 3.05) is 9.80 Å². The highest BCUT2D eigenvalue weighted by Gasteiger charge is 2.63. The molecule has 4 amide bonds. The first-order chi connectivity index (χ1) is 27.0. The fourth-order valence-electron chi connectivity index (χ4n) is 11.6. The van der Waals surface area contributed by atoms with E-state index >= 15 is 0 Å². The highest BCUT2D eigenvalue weighted by Crippen LogP contribution is 2.63. The van der Waals surface area contributed by atoms with Gasteiger partial charge >= 0.3 is 0 Å². The second-order valence-corrected chi connectivity index (χ2v) is 16.1. The minimum Gasteiger partial charge on any atom is -0.274 e. The van der Waals surface area contributed by atoms with Crippen molar-refractivity contribution in [2.45, 2.75) is 30.1 Å². The van der Waals surface area contributed by atoms with Crippen LogP contribution in [-0.4, -0.2) is 23.6 Å². The van der Waals surface area contributed by atoms with Gasteiger partial charge in [-0.3, -0.25) is 19.2 Å². The molecule has 8 aliphatic rings. The lowest BCUT2D eigenvalue weighted by Crippen LogP contribution is -2.41. The molecule has 0 unspecified atom stereocenters. The van der Waals surface area contributed by atoms with E-state index in [4.69, 9.17) is 0 Å². The lowest BCUT2D eigenvalue weighted by Gasteiger charge is -2.45. The fourth-order valence-corrected chi connectivity index (χ4v) is 11.6. The maximum Gasteiger partial charge on any atom is 0.238 e. The van der Waals surface area contributed by atoms with Gasteiger partial charge in [-0.15, -0.1) is 0 Å². The van der Waals surface area contributed by atoms with Crippen LogP contribution < -0.4 is 9.80 Å². The van der Waals surface area contributed by atoms with Crippen molar-refractivity contribution < 1.29 is 19.2 Å². The topological polar surface area (TPSA) is 74.8 Å². The molecular formula is C49H34N2O4. The quantitative estimate of drug-likeness (QED) is 0.173. The van der Waals surface area contributed by atoms with Gasteiger partial charge in [-0.25, -0.2) is 9.80 Å². The van der Waals surface area contributed by atoms with Gasteiger partial charge in [0, 0.05) is 23.7 Å². The summed E-state index contributed by atoms with van der Waals surface area (Å²) in [4.78, 5) is 59.7. The van der Waals surface area contributed by atoms with Gasteiger partial charge in [-0.1, -0.05) is 121 Å². The molecule has 0 aromatic heterocycles. The van der Waals surface area contributed by atoms with E-state index in [0.717, 1.165) is 55.6 Å². The number of nitrogens with zero attached hydrogens (tertiary/aromatic N) is 2. The molecule has 2 aliphatic heterocycles. The van der Waals surface area contributed by atoms with Gasteiger partial charge in [-0.2, -0.15) is 0 Å². The molecule has 6 aromatic carbocycles. The third-order valence-electron chi connectivity index (χ3n) is 13.7. The molecule has 6 aromatic rings. The van der Waals surface area contributed by atoms with E-state index in [9.17, 15) is 19.2 Å². The summed E-state index contributed by atoms with van der Waals surface area (Å²) in [5, 5.41) is 0. The number of anilines is 2. The SMILES string of the molecule is O=C1[C@H]2C3c4ccccc4C(c4ccccc43)[C@@H]2C(=O)N1c1ccc(Cc2ccc(N3C(=O)[C@H]4C5c6ccccc6C(c6ccccc65)[C@@H]4C3=O)cc2)cc1. The molecule has 0 spiro atoms. The molecule has 6 nitrogen and oxygen atoms in total. The second-order valence-electron chi connectivity index (χ2n) is 16.1. The Labute approximate surface area is 318 Å². The Hall–Kier alpha value is -6.40. The van der Waals surface area contributed by atoms with Crippen molar-refractivity contribution in [3.05, 3.63) is 201 Å². The predicted molar refractivity (Wildman–Crippen MR) is 208 cm³/mol. The Morgan fingerprint density at radius 1 is 0.309 bits per heavy atom. The van der Waals surface area contributed by atoms with Crippen LogP contribution in [0, 0.1) is 23.7 Å². The van der Waals surface area contributed by atoms with Crippen molar-refractivity contribution in [2.24, 2.45) is 23.7 Å². The van der Waals surface area contributed by atoms with E-state index in [1.807, 2.05) is 97.1 Å². The van der Waals surface area contributed by atoms with Crippen LogP contribution in [0.15, 0.2) is 146 Å². The van der Waals surface area contributed by atoms with E-state index in [1.165, 1.54) is 9.80 Å². The zero-order valence-electron chi connectivity index (χ0n) is 29.7. The molecule has 6 heteroatoms. The summed E-state index contributed by atoms with van der Waals surface area (Å²) in [6.45, 7) is 0. The van der Waals surface area contributed by atoms with Crippen LogP contribution >= 0.6 is 0 Å². The van der Waals surface area contributed by atoms with E-state index in [1.54, 1.807) is 0 Å². The number of benzene rings is 6. The van der Waals surface area contributed by atoms with Crippen LogP contribution in [0.25, 0.3) is 0 Å². The van der Waals surface area contributed by atoms with Crippen molar-refractivity contribution in [1.82, 2.24) is 0 Å². The molecule has 0 saturated carbocycles. The van der Waals surface area contributed by atoms with Crippen LogP contribution in [0.4, 0.5) is 11.4 Å². The van der Waals surface area contributed by atoms with Crippen LogP contribution in [0.2, 0.25) is 0 Å². The van der Waals surface area contributed by atoms with Gasteiger partial charge in [0.15, 0.2) is 0 Å². The standard InChI is InChI=1S/C49H34N2O4/c52-46-42-38-30-9-1-2-10-31(30)39(33-12-4-3-11-32(33)38)43(42)47(53)50(46)28-21-17-26(18-22-28)25-27-19-23-29(24-20-27)51-48(54)44-40-34-13-5-6-14-35(34)41(45(44)49(51)55)37-16-8-7-15-36(37)40/h1-24,38-45H,25H2/t38?,39?,40?,41?,42-,43-,44-,45-/m0/s1. The number of amides is 4. The van der Waals surface area contributed by atoms with Gasteiger partial charge in [0.1, 0.15) is 0 Å². The monoisotopic (exact) mass is 714 g/mol. The van der Waals surface area contributed by atoms with Gasteiger partial charge in [-0.05, 0) is 86.3 Å². The number of carbonyl (C=O) groups excluding carboxylic acids is 4. The first-order valence-electron chi connectivity index (χ1n) is 19.3. The summed E-state index contributed by atoms with van der Waals surface area (Å²) in [6, 6.07) is 48.6. The summed E-state index contributed by atoms with van der Waals surface area (Å²) >= 11 is 0. The third-order valence-corrected chi connectivity index (χ3v) is 13.7. The van der Waals surface area contributed by atoms with Crippen LogP contribution in [0.5, 0.6) is 0 Å². The average Bonchev–Trinajstić information content (AvgIpc) is 3.66. The summed E-state index contributed by atoms with van der Waals surface area (Å²) in [5.74, 6) is -2.69. The molecule has 264 valence electrons. The van der Waals surface area contributed by atoms with Crippen molar-refractivity contribution in [3.63, 3.8) is 0 Å². The Balaban J connectivity index is 0.795. The maximum atomic E-state index is 14.2.